The van der Waals surface area contributed by atoms with Gasteiger partial charge in [-0.2, -0.15) is 0 Å². The molecule has 0 radical (unpaired) electrons. The predicted octanol–water partition coefficient (Wildman–Crippen LogP) is -0.165. The third kappa shape index (κ3) is 2.04. The molecule has 0 bridgehead atoms. The maximum Gasteiger partial charge on any atom is 0.246 e. The first-order chi connectivity index (χ1) is 7.91. The molecule has 0 aliphatic carbocycles. The molecule has 2 aliphatic heterocycles. The molecule has 0 aromatic rings. The van der Waals surface area contributed by atoms with Gasteiger partial charge in [-0.25, -0.2) is 0 Å². The first-order valence-corrected chi connectivity index (χ1v) is 6.17. The first-order valence-electron chi connectivity index (χ1n) is 6.17. The van der Waals surface area contributed by atoms with Gasteiger partial charge < -0.3 is 14.9 Å². The second-order valence-corrected chi connectivity index (χ2v) is 5.49. The minimum Gasteiger partial charge on any atom is -0.391 e. The molecule has 0 aromatic heterocycles. The Balaban J connectivity index is 2.21. The average Bonchev–Trinajstić information content (AvgIpc) is 2.63. The van der Waals surface area contributed by atoms with Gasteiger partial charge in [-0.15, -0.1) is 0 Å². The van der Waals surface area contributed by atoms with Crippen molar-refractivity contribution in [1.29, 1.82) is 0 Å². The number of amides is 2. The van der Waals surface area contributed by atoms with Crippen LogP contribution in [0.15, 0.2) is 0 Å². The van der Waals surface area contributed by atoms with E-state index in [4.69, 9.17) is 0 Å². The van der Waals surface area contributed by atoms with Gasteiger partial charge in [0.25, 0.3) is 0 Å². The summed E-state index contributed by atoms with van der Waals surface area (Å²) in [5, 5.41) is 9.59. The van der Waals surface area contributed by atoms with Crippen LogP contribution in [0.25, 0.3) is 0 Å². The zero-order chi connectivity index (χ0) is 12.7. The van der Waals surface area contributed by atoms with Crippen LogP contribution < -0.4 is 0 Å². The van der Waals surface area contributed by atoms with Crippen molar-refractivity contribution in [3.8, 4) is 0 Å². The van der Waals surface area contributed by atoms with Gasteiger partial charge >= 0.3 is 0 Å². The number of piperazine rings is 1. The highest BCUT2D eigenvalue weighted by Gasteiger charge is 2.48. The van der Waals surface area contributed by atoms with Crippen molar-refractivity contribution in [3.05, 3.63) is 0 Å². The van der Waals surface area contributed by atoms with Gasteiger partial charge in [-0.05, 0) is 12.3 Å². The Kier molecular flexibility index (Phi) is 3.12. The number of carbonyl (C=O) groups excluding carboxylic acids is 2. The van der Waals surface area contributed by atoms with Crippen LogP contribution in [0.5, 0.6) is 0 Å². The van der Waals surface area contributed by atoms with Crippen LogP contribution in [0.3, 0.4) is 0 Å². The molecule has 2 saturated heterocycles. The molecule has 2 fully saturated rings. The molecule has 0 saturated carbocycles. The van der Waals surface area contributed by atoms with Gasteiger partial charge in [0.05, 0.1) is 6.10 Å². The topological polar surface area (TPSA) is 60.9 Å². The summed E-state index contributed by atoms with van der Waals surface area (Å²) in [4.78, 5) is 27.5. The molecule has 2 amide bonds. The van der Waals surface area contributed by atoms with Crippen molar-refractivity contribution in [1.82, 2.24) is 9.80 Å². The lowest BCUT2D eigenvalue weighted by Gasteiger charge is -2.40. The third-order valence-corrected chi connectivity index (χ3v) is 3.64. The number of aliphatic hydroxyl groups is 1. The highest BCUT2D eigenvalue weighted by atomic mass is 16.3. The van der Waals surface area contributed by atoms with Crippen molar-refractivity contribution >= 4 is 11.8 Å². The summed E-state index contributed by atoms with van der Waals surface area (Å²) in [6.45, 7) is 4.38. The van der Waals surface area contributed by atoms with Gasteiger partial charge in [0.15, 0.2) is 0 Å². The molecule has 0 unspecified atom stereocenters. The molecule has 0 spiro atoms. The molecule has 17 heavy (non-hydrogen) atoms. The Morgan fingerprint density at radius 2 is 2.00 bits per heavy atom. The van der Waals surface area contributed by atoms with E-state index in [0.29, 0.717) is 25.3 Å². The van der Waals surface area contributed by atoms with E-state index in [1.54, 1.807) is 16.8 Å². The molecule has 2 aliphatic rings. The number of carbonyl (C=O) groups is 2. The summed E-state index contributed by atoms with van der Waals surface area (Å²) < 4.78 is 0. The van der Waals surface area contributed by atoms with Crippen molar-refractivity contribution in [3.63, 3.8) is 0 Å². The van der Waals surface area contributed by atoms with Gasteiger partial charge in [0.1, 0.15) is 12.1 Å². The Bertz CT molecular complexity index is 343. The normalized spacial score (nSPS) is 33.6. The second-order valence-electron chi connectivity index (χ2n) is 5.49. The zero-order valence-corrected chi connectivity index (χ0v) is 10.6. The lowest BCUT2D eigenvalue weighted by Crippen LogP contribution is -2.61. The quantitative estimate of drug-likeness (QED) is 0.729. The number of fused-ring (bicyclic) bond motifs is 1. The Morgan fingerprint density at radius 1 is 1.35 bits per heavy atom. The monoisotopic (exact) mass is 240 g/mol. The van der Waals surface area contributed by atoms with Crippen molar-refractivity contribution in [2.75, 3.05) is 13.6 Å². The van der Waals surface area contributed by atoms with Crippen LogP contribution in [-0.2, 0) is 9.59 Å². The molecule has 5 nitrogen and oxygen atoms in total. The molecule has 2 heterocycles. The third-order valence-electron chi connectivity index (χ3n) is 3.64. The maximum absolute atomic E-state index is 12.3. The molecule has 0 aromatic carbocycles. The molecule has 96 valence electrons. The fraction of sp³-hybridized carbons (Fsp3) is 0.833. The number of rotatable bonds is 2. The van der Waals surface area contributed by atoms with Crippen molar-refractivity contribution in [2.24, 2.45) is 5.92 Å². The van der Waals surface area contributed by atoms with Crippen LogP contribution in [0, 0.1) is 5.92 Å². The maximum atomic E-state index is 12.3. The molecular formula is C12H20N2O3. The van der Waals surface area contributed by atoms with Crippen LogP contribution in [0.2, 0.25) is 0 Å². The van der Waals surface area contributed by atoms with E-state index in [1.807, 2.05) is 13.8 Å². The molecule has 5 heteroatoms. The Morgan fingerprint density at radius 3 is 2.59 bits per heavy atom. The van der Waals surface area contributed by atoms with Gasteiger partial charge in [-0.3, -0.25) is 9.59 Å². The van der Waals surface area contributed by atoms with Crippen LogP contribution in [0.4, 0.5) is 0 Å². The Hall–Kier alpha value is -1.10. The molecule has 2 rings (SSSR count). The largest absolute Gasteiger partial charge is 0.391 e. The minimum atomic E-state index is -0.556. The van der Waals surface area contributed by atoms with E-state index < -0.39 is 12.1 Å². The summed E-state index contributed by atoms with van der Waals surface area (Å²) >= 11 is 0. The summed E-state index contributed by atoms with van der Waals surface area (Å²) in [5.41, 5.74) is 0. The fourth-order valence-electron chi connectivity index (χ4n) is 2.74. The predicted molar refractivity (Wildman–Crippen MR) is 62.1 cm³/mol. The van der Waals surface area contributed by atoms with Gasteiger partial charge in [0, 0.05) is 20.0 Å². The molecular weight excluding hydrogens is 220 g/mol. The summed E-state index contributed by atoms with van der Waals surface area (Å²) in [6, 6.07) is -0.796. The van der Waals surface area contributed by atoms with Crippen molar-refractivity contribution < 1.29 is 14.7 Å². The average molecular weight is 240 g/mol. The smallest absolute Gasteiger partial charge is 0.246 e. The Labute approximate surface area is 101 Å². The number of likely N-dealkylation sites (N-methyl/N-ethyl adjacent to an activating group) is 1. The van der Waals surface area contributed by atoms with E-state index in [9.17, 15) is 14.7 Å². The van der Waals surface area contributed by atoms with Crippen molar-refractivity contribution in [2.45, 2.75) is 44.9 Å². The summed E-state index contributed by atoms with van der Waals surface area (Å²) in [5.74, 6) is 0.317. The van der Waals surface area contributed by atoms with E-state index in [0.717, 1.165) is 0 Å². The van der Waals surface area contributed by atoms with Crippen LogP contribution >= 0.6 is 0 Å². The van der Waals surface area contributed by atoms with E-state index >= 15 is 0 Å². The van der Waals surface area contributed by atoms with E-state index in [-0.39, 0.29) is 17.9 Å². The minimum absolute atomic E-state index is 0.0117. The number of aliphatic hydroxyl groups excluding tert-OH is 1. The van der Waals surface area contributed by atoms with Gasteiger partial charge in [0.2, 0.25) is 11.8 Å². The number of hydrogen-bond donors (Lipinski definition) is 1. The SMILES string of the molecule is CC(C)C[C@H]1C(=O)N2C[C@H](O)C[C@H]2C(=O)N1C. The summed E-state index contributed by atoms with van der Waals surface area (Å²) in [6.07, 6.45) is 0.503. The number of nitrogens with zero attached hydrogens (tertiary/aromatic N) is 2. The number of hydrogen-bond acceptors (Lipinski definition) is 3. The second kappa shape index (κ2) is 4.29. The lowest BCUT2D eigenvalue weighted by molar-refractivity contribution is -0.158. The van der Waals surface area contributed by atoms with E-state index in [2.05, 4.69) is 0 Å². The first kappa shape index (κ1) is 12.4. The standard InChI is InChI=1S/C12H20N2O3/c1-7(2)4-9-12(17)14-6-8(15)5-10(14)11(16)13(9)3/h7-10,15H,4-6H2,1-3H3/t8-,9+,10+/m1/s1. The highest BCUT2D eigenvalue weighted by Crippen LogP contribution is 2.28. The highest BCUT2D eigenvalue weighted by molar-refractivity contribution is 5.97. The van der Waals surface area contributed by atoms with Crippen LogP contribution in [-0.4, -0.2) is 58.5 Å². The lowest BCUT2D eigenvalue weighted by atomic mass is 9.97. The van der Waals surface area contributed by atoms with E-state index in [1.165, 1.54) is 0 Å². The molecule has 3 atom stereocenters. The summed E-state index contributed by atoms with van der Waals surface area (Å²) in [7, 11) is 1.69. The molecule has 1 N–H and O–H groups in total. The zero-order valence-electron chi connectivity index (χ0n) is 10.6. The van der Waals surface area contributed by atoms with Gasteiger partial charge in [-0.1, -0.05) is 13.8 Å². The van der Waals surface area contributed by atoms with Crippen LogP contribution in [0.1, 0.15) is 26.7 Å². The fourth-order valence-corrected chi connectivity index (χ4v) is 2.74.